The van der Waals surface area contributed by atoms with E-state index < -0.39 is 5.97 Å². The summed E-state index contributed by atoms with van der Waals surface area (Å²) in [5, 5.41) is 9.44. The molecule has 1 fully saturated rings. The summed E-state index contributed by atoms with van der Waals surface area (Å²) in [6.45, 7) is 0.324. The fraction of sp³-hybridized carbons (Fsp3) is 0.467. The van der Waals surface area contributed by atoms with Gasteiger partial charge in [0.25, 0.3) is 0 Å². The van der Waals surface area contributed by atoms with Crippen LogP contribution in [0.1, 0.15) is 25.7 Å². The first-order valence-corrected chi connectivity index (χ1v) is 8.32. The third-order valence-corrected chi connectivity index (χ3v) is 4.54. The molecule has 6 heteroatoms. The second-order valence-corrected chi connectivity index (χ2v) is 6.62. The number of halogens is 1. The van der Waals surface area contributed by atoms with Gasteiger partial charge in [-0.3, -0.25) is 9.59 Å². The number of aliphatic carboxylic acids is 1. The monoisotopic (exact) mass is 327 g/mol. The van der Waals surface area contributed by atoms with Crippen LogP contribution in [-0.2, 0) is 9.59 Å². The van der Waals surface area contributed by atoms with Crippen LogP contribution in [0.4, 0.5) is 0 Å². The van der Waals surface area contributed by atoms with E-state index in [-0.39, 0.29) is 18.4 Å². The fourth-order valence-corrected chi connectivity index (χ4v) is 3.01. The first-order valence-electron chi connectivity index (χ1n) is 6.96. The summed E-state index contributed by atoms with van der Waals surface area (Å²) in [5.41, 5.74) is 0. The topological polar surface area (TPSA) is 57.6 Å². The van der Waals surface area contributed by atoms with E-state index in [9.17, 15) is 9.59 Å². The molecule has 0 aliphatic heterocycles. The molecule has 0 atom stereocenters. The van der Waals surface area contributed by atoms with E-state index in [1.54, 1.807) is 16.7 Å². The Kier molecular flexibility index (Phi) is 5.94. The molecule has 114 valence electrons. The van der Waals surface area contributed by atoms with E-state index in [0.717, 1.165) is 17.7 Å². The number of carbonyl (C=O) groups is 2. The molecule has 0 spiro atoms. The van der Waals surface area contributed by atoms with Gasteiger partial charge in [-0.05, 0) is 37.1 Å². The number of carbonyl (C=O) groups excluding carboxylic acids is 1. The Morgan fingerprint density at radius 1 is 1.24 bits per heavy atom. The minimum Gasteiger partial charge on any atom is -0.481 e. The SMILES string of the molecule is O=C(O)CCN(C(=O)CCSc1ccc(Cl)cc1)C1CC1. The first kappa shape index (κ1) is 16.2. The van der Waals surface area contributed by atoms with Gasteiger partial charge in [0.1, 0.15) is 0 Å². The summed E-state index contributed by atoms with van der Waals surface area (Å²) in [5.74, 6) is -0.110. The number of thioether (sulfide) groups is 1. The largest absolute Gasteiger partial charge is 0.481 e. The molecule has 1 N–H and O–H groups in total. The molecule has 0 aromatic heterocycles. The normalized spacial score (nSPS) is 14.0. The second-order valence-electron chi connectivity index (χ2n) is 5.01. The fourth-order valence-electron chi connectivity index (χ4n) is 2.04. The Labute approximate surface area is 133 Å². The maximum atomic E-state index is 12.2. The van der Waals surface area contributed by atoms with Crippen molar-refractivity contribution < 1.29 is 14.7 Å². The van der Waals surface area contributed by atoms with E-state index in [1.807, 2.05) is 24.3 Å². The number of hydrogen-bond donors (Lipinski definition) is 1. The molecule has 1 saturated carbocycles. The van der Waals surface area contributed by atoms with E-state index in [2.05, 4.69) is 0 Å². The van der Waals surface area contributed by atoms with Crippen molar-refractivity contribution in [1.82, 2.24) is 4.90 Å². The lowest BCUT2D eigenvalue weighted by atomic mass is 10.3. The molecule has 0 unspecified atom stereocenters. The molecule has 0 radical (unpaired) electrons. The van der Waals surface area contributed by atoms with Crippen molar-refractivity contribution in [2.75, 3.05) is 12.3 Å². The number of carboxylic acids is 1. The molecule has 0 saturated heterocycles. The summed E-state index contributed by atoms with van der Waals surface area (Å²) in [4.78, 5) is 25.6. The van der Waals surface area contributed by atoms with Crippen molar-refractivity contribution in [2.24, 2.45) is 0 Å². The second kappa shape index (κ2) is 7.71. The van der Waals surface area contributed by atoms with Gasteiger partial charge in [-0.2, -0.15) is 0 Å². The molecule has 4 nitrogen and oxygen atoms in total. The lowest BCUT2D eigenvalue weighted by molar-refractivity contribution is -0.138. The van der Waals surface area contributed by atoms with Gasteiger partial charge in [-0.1, -0.05) is 11.6 Å². The highest BCUT2D eigenvalue weighted by Crippen LogP contribution is 2.28. The van der Waals surface area contributed by atoms with Gasteiger partial charge in [0.05, 0.1) is 6.42 Å². The van der Waals surface area contributed by atoms with Gasteiger partial charge >= 0.3 is 5.97 Å². The molecule has 1 amide bonds. The lowest BCUT2D eigenvalue weighted by Crippen LogP contribution is -2.35. The average molecular weight is 328 g/mol. The Morgan fingerprint density at radius 3 is 2.48 bits per heavy atom. The molecule has 1 aromatic rings. The van der Waals surface area contributed by atoms with Crippen molar-refractivity contribution in [3.05, 3.63) is 29.3 Å². The number of amides is 1. The van der Waals surface area contributed by atoms with Crippen LogP contribution in [0.2, 0.25) is 5.02 Å². The number of benzene rings is 1. The predicted molar refractivity (Wildman–Crippen MR) is 83.8 cm³/mol. The highest BCUT2D eigenvalue weighted by Gasteiger charge is 2.32. The van der Waals surface area contributed by atoms with Gasteiger partial charge in [0, 0.05) is 34.7 Å². The molecule has 2 rings (SSSR count). The van der Waals surface area contributed by atoms with Crippen molar-refractivity contribution >= 4 is 35.2 Å². The molecule has 1 aliphatic carbocycles. The highest BCUT2D eigenvalue weighted by atomic mass is 35.5. The minimum absolute atomic E-state index is 0.0204. The van der Waals surface area contributed by atoms with E-state index in [0.29, 0.717) is 23.7 Å². The smallest absolute Gasteiger partial charge is 0.305 e. The average Bonchev–Trinajstić information content (AvgIpc) is 3.25. The van der Waals surface area contributed by atoms with E-state index >= 15 is 0 Å². The number of carboxylic acid groups (broad SMARTS) is 1. The van der Waals surface area contributed by atoms with Crippen LogP contribution in [0, 0.1) is 0 Å². The quantitative estimate of drug-likeness (QED) is 0.744. The summed E-state index contributed by atoms with van der Waals surface area (Å²) >= 11 is 7.43. The third-order valence-electron chi connectivity index (χ3n) is 3.27. The Bertz CT molecular complexity index is 502. The Morgan fingerprint density at radius 2 is 1.90 bits per heavy atom. The maximum Gasteiger partial charge on any atom is 0.305 e. The van der Waals surface area contributed by atoms with Gasteiger partial charge < -0.3 is 10.0 Å². The minimum atomic E-state index is -0.857. The predicted octanol–water partition coefficient (Wildman–Crippen LogP) is 3.29. The maximum absolute atomic E-state index is 12.2. The number of nitrogens with zero attached hydrogens (tertiary/aromatic N) is 1. The first-order chi connectivity index (χ1) is 10.1. The van der Waals surface area contributed by atoms with Crippen molar-refractivity contribution in [3.8, 4) is 0 Å². The lowest BCUT2D eigenvalue weighted by Gasteiger charge is -2.21. The molecule has 21 heavy (non-hydrogen) atoms. The van der Waals surface area contributed by atoms with Gasteiger partial charge in [-0.25, -0.2) is 0 Å². The molecule has 0 bridgehead atoms. The van der Waals surface area contributed by atoms with Gasteiger partial charge in [0.15, 0.2) is 0 Å². The van der Waals surface area contributed by atoms with Crippen molar-refractivity contribution in [2.45, 2.75) is 36.6 Å². The molecule has 1 aromatic carbocycles. The van der Waals surface area contributed by atoms with Gasteiger partial charge in [-0.15, -0.1) is 11.8 Å². The van der Waals surface area contributed by atoms with Gasteiger partial charge in [0.2, 0.25) is 5.91 Å². The van der Waals surface area contributed by atoms with Crippen LogP contribution in [-0.4, -0.2) is 40.2 Å². The van der Waals surface area contributed by atoms with Crippen molar-refractivity contribution in [3.63, 3.8) is 0 Å². The van der Waals surface area contributed by atoms with Crippen molar-refractivity contribution in [1.29, 1.82) is 0 Å². The van der Waals surface area contributed by atoms with Crippen LogP contribution in [0.25, 0.3) is 0 Å². The summed E-state index contributed by atoms with van der Waals surface area (Å²) < 4.78 is 0. The molecular weight excluding hydrogens is 310 g/mol. The Hall–Kier alpha value is -1.20. The molecule has 1 aliphatic rings. The standard InChI is InChI=1S/C15H18ClNO3S/c16-11-1-5-13(6-2-11)21-10-8-14(18)17(12-3-4-12)9-7-15(19)20/h1-2,5-6,12H,3-4,7-10H2,(H,19,20). The van der Waals surface area contributed by atoms with Crippen LogP contribution in [0.5, 0.6) is 0 Å². The third kappa shape index (κ3) is 5.59. The zero-order valence-electron chi connectivity index (χ0n) is 11.6. The van der Waals surface area contributed by atoms with E-state index in [4.69, 9.17) is 16.7 Å². The summed E-state index contributed by atoms with van der Waals surface area (Å²) in [7, 11) is 0. The highest BCUT2D eigenvalue weighted by molar-refractivity contribution is 7.99. The summed E-state index contributed by atoms with van der Waals surface area (Å²) in [6, 6.07) is 7.78. The van der Waals surface area contributed by atoms with Crippen LogP contribution in [0.3, 0.4) is 0 Å². The molecular formula is C15H18ClNO3S. The van der Waals surface area contributed by atoms with E-state index in [1.165, 1.54) is 0 Å². The van der Waals surface area contributed by atoms with Crippen LogP contribution in [0.15, 0.2) is 29.2 Å². The summed E-state index contributed by atoms with van der Waals surface area (Å²) in [6.07, 6.45) is 2.45. The van der Waals surface area contributed by atoms with Crippen LogP contribution >= 0.6 is 23.4 Å². The Balaban J connectivity index is 1.76. The zero-order valence-corrected chi connectivity index (χ0v) is 13.2. The number of rotatable bonds is 8. The van der Waals surface area contributed by atoms with Crippen LogP contribution < -0.4 is 0 Å². The molecule has 0 heterocycles. The number of hydrogen-bond acceptors (Lipinski definition) is 3. The zero-order chi connectivity index (χ0) is 15.2.